The van der Waals surface area contributed by atoms with Crippen LogP contribution in [-0.4, -0.2) is 70.0 Å². The highest BCUT2D eigenvalue weighted by Crippen LogP contribution is 2.38. The number of carbonyl (C=O) groups is 2. The summed E-state index contributed by atoms with van der Waals surface area (Å²) >= 11 is 0. The van der Waals surface area contributed by atoms with Crippen molar-refractivity contribution >= 4 is 19.8 Å². The number of ether oxygens (including phenoxy) is 2. The topological polar surface area (TPSA) is 111 Å². The number of unbranched alkanes of at least 4 members (excludes halogenated alkanes) is 39. The lowest BCUT2D eigenvalue weighted by atomic mass is 10.0. The summed E-state index contributed by atoms with van der Waals surface area (Å²) in [6, 6.07) is 0. The van der Waals surface area contributed by atoms with Gasteiger partial charge in [0.1, 0.15) is 19.8 Å². The van der Waals surface area contributed by atoms with Crippen LogP contribution in [0.5, 0.6) is 0 Å². The van der Waals surface area contributed by atoms with Gasteiger partial charge < -0.3 is 27.9 Å². The Morgan fingerprint density at radius 1 is 0.372 bits per heavy atom. The van der Waals surface area contributed by atoms with Gasteiger partial charge in [-0.3, -0.25) is 14.2 Å². The Labute approximate surface area is 532 Å². The van der Waals surface area contributed by atoms with Gasteiger partial charge in [-0.2, -0.15) is 0 Å². The highest BCUT2D eigenvalue weighted by atomic mass is 31.2. The van der Waals surface area contributed by atoms with Crippen LogP contribution in [0.4, 0.5) is 0 Å². The zero-order valence-corrected chi connectivity index (χ0v) is 57.9. The molecule has 0 bridgehead atoms. The fraction of sp³-hybridized carbons (Fsp3) is 0.789. The van der Waals surface area contributed by atoms with Gasteiger partial charge in [0.25, 0.3) is 7.82 Å². The molecule has 0 aliphatic carbocycles. The molecule has 0 fully saturated rings. The largest absolute Gasteiger partial charge is 0.756 e. The Morgan fingerprint density at radius 3 is 1.00 bits per heavy atom. The van der Waals surface area contributed by atoms with Gasteiger partial charge in [0.15, 0.2) is 6.10 Å². The van der Waals surface area contributed by atoms with Crippen LogP contribution < -0.4 is 4.89 Å². The summed E-state index contributed by atoms with van der Waals surface area (Å²) in [5.41, 5.74) is 0. The summed E-state index contributed by atoms with van der Waals surface area (Å²) in [7, 11) is 1.18. The molecule has 2 atom stereocenters. The Kier molecular flexibility index (Phi) is 64.4. The molecule has 500 valence electrons. The van der Waals surface area contributed by atoms with Crippen molar-refractivity contribution < 1.29 is 42.1 Å². The lowest BCUT2D eigenvalue weighted by Crippen LogP contribution is -2.37. The van der Waals surface area contributed by atoms with E-state index in [0.29, 0.717) is 17.4 Å². The Bertz CT molecular complexity index is 1730. The van der Waals surface area contributed by atoms with Gasteiger partial charge in [0.2, 0.25) is 0 Å². The van der Waals surface area contributed by atoms with Gasteiger partial charge in [-0.1, -0.05) is 317 Å². The minimum Gasteiger partial charge on any atom is -0.756 e. The third kappa shape index (κ3) is 70.3. The number of phosphoric acid groups is 1. The second-order valence-corrected chi connectivity index (χ2v) is 27.0. The molecule has 86 heavy (non-hydrogen) atoms. The monoisotopic (exact) mass is 1220 g/mol. The van der Waals surface area contributed by atoms with Crippen LogP contribution in [0.3, 0.4) is 0 Å². The van der Waals surface area contributed by atoms with Gasteiger partial charge >= 0.3 is 11.9 Å². The van der Waals surface area contributed by atoms with Crippen LogP contribution in [0.2, 0.25) is 0 Å². The molecule has 0 N–H and O–H groups in total. The van der Waals surface area contributed by atoms with Crippen LogP contribution >= 0.6 is 7.82 Å². The van der Waals surface area contributed by atoms with Crippen molar-refractivity contribution in [2.75, 3.05) is 47.5 Å². The predicted octanol–water partition coefficient (Wildman–Crippen LogP) is 23.1. The Hall–Kier alpha value is -2.81. The molecular formula is C76H138NO8P. The number of esters is 2. The third-order valence-corrected chi connectivity index (χ3v) is 16.9. The summed E-state index contributed by atoms with van der Waals surface area (Å²) in [6.45, 7) is 4.17. The van der Waals surface area contributed by atoms with E-state index in [1.54, 1.807) is 0 Å². The van der Waals surface area contributed by atoms with E-state index in [1.165, 1.54) is 225 Å². The lowest BCUT2D eigenvalue weighted by Gasteiger charge is -2.28. The minimum atomic E-state index is -4.64. The van der Waals surface area contributed by atoms with E-state index in [2.05, 4.69) is 98.9 Å². The molecule has 9 nitrogen and oxygen atoms in total. The van der Waals surface area contributed by atoms with E-state index >= 15 is 0 Å². The number of phosphoric ester groups is 1. The molecule has 10 heteroatoms. The molecule has 0 aliphatic rings. The quantitative estimate of drug-likeness (QED) is 0.0195. The van der Waals surface area contributed by atoms with Crippen molar-refractivity contribution in [3.05, 3.63) is 85.1 Å². The van der Waals surface area contributed by atoms with Crippen molar-refractivity contribution in [1.82, 2.24) is 0 Å². The highest BCUT2D eigenvalue weighted by molar-refractivity contribution is 7.45. The number of quaternary nitrogens is 1. The zero-order chi connectivity index (χ0) is 62.6. The molecule has 0 spiro atoms. The molecule has 0 amide bonds. The maximum Gasteiger partial charge on any atom is 0.306 e. The van der Waals surface area contributed by atoms with Gasteiger partial charge in [-0.15, -0.1) is 0 Å². The van der Waals surface area contributed by atoms with Gasteiger partial charge in [-0.25, -0.2) is 0 Å². The van der Waals surface area contributed by atoms with E-state index in [0.717, 1.165) is 77.0 Å². The van der Waals surface area contributed by atoms with Crippen molar-refractivity contribution in [3.8, 4) is 0 Å². The number of allylic oxidation sites excluding steroid dienone is 14. The van der Waals surface area contributed by atoms with E-state index in [9.17, 15) is 19.0 Å². The fourth-order valence-electron chi connectivity index (χ4n) is 10.4. The molecular weight excluding hydrogens is 1090 g/mol. The average molecular weight is 1220 g/mol. The molecule has 0 rings (SSSR count). The maximum absolute atomic E-state index is 12.9. The second kappa shape index (κ2) is 66.6. The zero-order valence-electron chi connectivity index (χ0n) is 57.0. The van der Waals surface area contributed by atoms with Crippen LogP contribution in [0.1, 0.15) is 335 Å². The summed E-state index contributed by atoms with van der Waals surface area (Å²) in [4.78, 5) is 38.1. The number of hydrogen-bond acceptors (Lipinski definition) is 8. The molecule has 0 saturated carbocycles. The van der Waals surface area contributed by atoms with Gasteiger partial charge in [0.05, 0.1) is 27.7 Å². The molecule has 0 aromatic rings. The first-order valence-corrected chi connectivity index (χ1v) is 37.8. The molecule has 2 unspecified atom stereocenters. The van der Waals surface area contributed by atoms with Crippen molar-refractivity contribution in [1.29, 1.82) is 0 Å². The van der Waals surface area contributed by atoms with Crippen molar-refractivity contribution in [2.24, 2.45) is 0 Å². The van der Waals surface area contributed by atoms with Crippen LogP contribution in [-0.2, 0) is 32.7 Å². The molecule has 0 saturated heterocycles. The fourth-order valence-corrected chi connectivity index (χ4v) is 11.1. The van der Waals surface area contributed by atoms with Crippen LogP contribution in [0.15, 0.2) is 85.1 Å². The number of rotatable bonds is 67. The Morgan fingerprint density at radius 2 is 0.663 bits per heavy atom. The highest BCUT2D eigenvalue weighted by Gasteiger charge is 2.22. The van der Waals surface area contributed by atoms with E-state index < -0.39 is 26.5 Å². The summed E-state index contributed by atoms with van der Waals surface area (Å²) in [5, 5.41) is 0. The van der Waals surface area contributed by atoms with Gasteiger partial charge in [0, 0.05) is 12.8 Å². The van der Waals surface area contributed by atoms with Crippen molar-refractivity contribution in [3.63, 3.8) is 0 Å². The van der Waals surface area contributed by atoms with E-state index in [1.807, 2.05) is 21.1 Å². The number of hydrogen-bond donors (Lipinski definition) is 0. The third-order valence-electron chi connectivity index (χ3n) is 15.9. The predicted molar refractivity (Wildman–Crippen MR) is 369 cm³/mol. The number of nitrogens with zero attached hydrogens (tertiary/aromatic N) is 1. The number of likely N-dealkylation sites (N-methyl/N-ethyl adjacent to an activating group) is 1. The average Bonchev–Trinajstić information content (AvgIpc) is 3.67. The minimum absolute atomic E-state index is 0.0309. The van der Waals surface area contributed by atoms with Crippen LogP contribution in [0.25, 0.3) is 0 Å². The second-order valence-electron chi connectivity index (χ2n) is 25.6. The van der Waals surface area contributed by atoms with Gasteiger partial charge in [-0.05, 0) is 89.9 Å². The molecule has 0 aliphatic heterocycles. The Balaban J connectivity index is 3.99. The molecule has 0 radical (unpaired) electrons. The summed E-state index contributed by atoms with van der Waals surface area (Å²) in [6.07, 6.45) is 91.0. The molecule has 0 aromatic heterocycles. The molecule has 0 aromatic carbocycles. The SMILES string of the molecule is CC/C=C\C/C=C\C/C=C\C/C=C\C/C=C\C/C=C\CCCCCCCCCCCCCCCCCCCCC(=O)OC(COC(=O)CCCCCCCCCCCCCCC/C=C\CCCCCCCCCC)COP(=O)([O-])OCC[N+](C)(C)C. The van der Waals surface area contributed by atoms with E-state index in [-0.39, 0.29) is 32.0 Å². The standard InChI is InChI=1S/C76H138NO8P/c1-6-8-10-12-14-16-18-20-22-24-26-28-30-32-33-34-35-36-37-38-39-40-41-42-43-45-47-49-51-53-55-57-59-61-63-65-67-69-76(79)85-74(73-84-86(80,81)83-71-70-77(3,4)5)72-82-75(78)68-66-64-62-60-58-56-54-52-50-48-46-44-31-29-27-25-23-21-19-17-15-13-11-9-7-2/h8,10,14,16,20,22,25-28,32-33,35-36,74H,6-7,9,11-13,15,17-19,21,23-24,29-31,34,37-73H2,1-5H3/b10-8-,16-14-,22-20-,27-25-,28-26-,33-32-,36-35-. The smallest absolute Gasteiger partial charge is 0.306 e. The van der Waals surface area contributed by atoms with E-state index in [4.69, 9.17) is 18.5 Å². The van der Waals surface area contributed by atoms with Crippen molar-refractivity contribution in [2.45, 2.75) is 341 Å². The first-order valence-electron chi connectivity index (χ1n) is 36.3. The normalized spacial score (nSPS) is 13.6. The summed E-state index contributed by atoms with van der Waals surface area (Å²) < 4.78 is 34.3. The van der Waals surface area contributed by atoms with Crippen LogP contribution in [0, 0.1) is 0 Å². The number of carbonyl (C=O) groups excluding carboxylic acids is 2. The molecule has 0 heterocycles. The lowest BCUT2D eigenvalue weighted by molar-refractivity contribution is -0.870. The first kappa shape index (κ1) is 83.2. The summed E-state index contributed by atoms with van der Waals surface area (Å²) in [5.74, 6) is -0.819. The maximum atomic E-state index is 12.9. The first-order chi connectivity index (χ1) is 42.0.